The maximum Gasteiger partial charge on any atom is 0.00682 e. The second-order valence-electron chi connectivity index (χ2n) is 4.87. The van der Waals surface area contributed by atoms with Gasteiger partial charge in [-0.1, -0.05) is 38.5 Å². The van der Waals surface area contributed by atoms with E-state index in [1.807, 2.05) is 0 Å². The summed E-state index contributed by atoms with van der Waals surface area (Å²) in [6, 6.07) is 0.908. The van der Waals surface area contributed by atoms with E-state index in [1.165, 1.54) is 64.3 Å². The molecule has 0 saturated heterocycles. The predicted octanol–water partition coefficient (Wildman–Crippen LogP) is 3.10. The molecular formula is C12H23N. The smallest absolute Gasteiger partial charge is 0.00682 e. The van der Waals surface area contributed by atoms with E-state index in [1.54, 1.807) is 0 Å². The Bertz CT molecular complexity index is 132. The van der Waals surface area contributed by atoms with Crippen LogP contribution in [0.5, 0.6) is 0 Å². The highest BCUT2D eigenvalue weighted by atomic mass is 14.9. The highest BCUT2D eigenvalue weighted by Gasteiger charge is 2.20. The van der Waals surface area contributed by atoms with Gasteiger partial charge in [-0.3, -0.25) is 0 Å². The van der Waals surface area contributed by atoms with Crippen LogP contribution in [-0.4, -0.2) is 12.6 Å². The summed E-state index contributed by atoms with van der Waals surface area (Å²) in [5, 5.41) is 3.62. The molecule has 2 rings (SSSR count). The van der Waals surface area contributed by atoms with Gasteiger partial charge in [0.2, 0.25) is 0 Å². The lowest BCUT2D eigenvalue weighted by Crippen LogP contribution is -2.20. The molecule has 2 fully saturated rings. The minimum atomic E-state index is 0.908. The highest BCUT2D eigenvalue weighted by Crippen LogP contribution is 2.25. The molecule has 0 heterocycles. The van der Waals surface area contributed by atoms with E-state index in [4.69, 9.17) is 0 Å². The summed E-state index contributed by atoms with van der Waals surface area (Å²) in [6.45, 7) is 1.29. The fourth-order valence-electron chi connectivity index (χ4n) is 2.43. The Morgan fingerprint density at radius 3 is 2.15 bits per heavy atom. The Kier molecular flexibility index (Phi) is 3.65. The zero-order valence-corrected chi connectivity index (χ0v) is 8.73. The van der Waals surface area contributed by atoms with E-state index in [0.29, 0.717) is 0 Å². The van der Waals surface area contributed by atoms with Crippen molar-refractivity contribution in [2.24, 2.45) is 5.92 Å². The average Bonchev–Trinajstić information content (AvgIpc) is 2.91. The molecule has 0 amide bonds. The summed E-state index contributed by atoms with van der Waals surface area (Å²) in [4.78, 5) is 0. The van der Waals surface area contributed by atoms with Crippen LogP contribution in [0.2, 0.25) is 0 Å². The van der Waals surface area contributed by atoms with Crippen molar-refractivity contribution < 1.29 is 0 Å². The topological polar surface area (TPSA) is 12.0 Å². The van der Waals surface area contributed by atoms with E-state index in [0.717, 1.165) is 12.0 Å². The first-order chi connectivity index (χ1) is 6.45. The summed E-state index contributed by atoms with van der Waals surface area (Å²) >= 11 is 0. The lowest BCUT2D eigenvalue weighted by atomic mass is 9.97. The molecule has 2 saturated carbocycles. The van der Waals surface area contributed by atoms with Crippen LogP contribution in [0.15, 0.2) is 0 Å². The lowest BCUT2D eigenvalue weighted by molar-refractivity contribution is 0.414. The lowest BCUT2D eigenvalue weighted by Gasteiger charge is -2.13. The van der Waals surface area contributed by atoms with Gasteiger partial charge in [-0.25, -0.2) is 0 Å². The largest absolute Gasteiger partial charge is 0.314 e. The van der Waals surface area contributed by atoms with E-state index in [2.05, 4.69) is 5.32 Å². The Morgan fingerprint density at radius 1 is 0.846 bits per heavy atom. The minimum Gasteiger partial charge on any atom is -0.314 e. The Labute approximate surface area is 82.3 Å². The number of hydrogen-bond acceptors (Lipinski definition) is 1. The first-order valence-electron chi connectivity index (χ1n) is 6.18. The molecule has 0 aromatic rings. The first kappa shape index (κ1) is 9.51. The summed E-state index contributed by atoms with van der Waals surface area (Å²) in [6.07, 6.45) is 13.3. The standard InChI is InChI=1S/C12H23N/c1-2-4-6-11(5-3-1)9-10-13-12-7-8-12/h11-13H,1-10H2. The van der Waals surface area contributed by atoms with Crippen molar-refractivity contribution in [1.82, 2.24) is 5.32 Å². The normalized spacial score (nSPS) is 25.8. The van der Waals surface area contributed by atoms with Gasteiger partial charge in [0.05, 0.1) is 0 Å². The third kappa shape index (κ3) is 3.68. The minimum absolute atomic E-state index is 0.908. The first-order valence-corrected chi connectivity index (χ1v) is 6.18. The molecule has 0 bridgehead atoms. The Hall–Kier alpha value is -0.0400. The van der Waals surface area contributed by atoms with Gasteiger partial charge in [0.15, 0.2) is 0 Å². The molecule has 76 valence electrons. The van der Waals surface area contributed by atoms with Crippen LogP contribution in [-0.2, 0) is 0 Å². The molecule has 1 heteroatoms. The number of nitrogens with one attached hydrogen (secondary N) is 1. The van der Waals surface area contributed by atoms with Crippen LogP contribution >= 0.6 is 0 Å². The summed E-state index contributed by atoms with van der Waals surface area (Å²) < 4.78 is 0. The van der Waals surface area contributed by atoms with Crippen LogP contribution in [0.1, 0.15) is 57.8 Å². The molecule has 0 aromatic heterocycles. The van der Waals surface area contributed by atoms with E-state index >= 15 is 0 Å². The zero-order valence-electron chi connectivity index (χ0n) is 8.73. The monoisotopic (exact) mass is 181 g/mol. The van der Waals surface area contributed by atoms with Gasteiger partial charge >= 0.3 is 0 Å². The molecular weight excluding hydrogens is 158 g/mol. The van der Waals surface area contributed by atoms with Crippen LogP contribution in [0.3, 0.4) is 0 Å². The molecule has 13 heavy (non-hydrogen) atoms. The zero-order chi connectivity index (χ0) is 8.93. The van der Waals surface area contributed by atoms with Gasteiger partial charge in [0.1, 0.15) is 0 Å². The second kappa shape index (κ2) is 4.99. The van der Waals surface area contributed by atoms with Gasteiger partial charge in [-0.2, -0.15) is 0 Å². The Balaban J connectivity index is 1.55. The Morgan fingerprint density at radius 2 is 1.54 bits per heavy atom. The molecule has 0 unspecified atom stereocenters. The summed E-state index contributed by atoms with van der Waals surface area (Å²) in [5.74, 6) is 1.05. The van der Waals surface area contributed by atoms with Crippen molar-refractivity contribution in [1.29, 1.82) is 0 Å². The van der Waals surface area contributed by atoms with Crippen molar-refractivity contribution in [3.63, 3.8) is 0 Å². The van der Waals surface area contributed by atoms with Gasteiger partial charge in [-0.05, 0) is 31.7 Å². The van der Waals surface area contributed by atoms with Crippen LogP contribution in [0.25, 0.3) is 0 Å². The molecule has 0 aromatic carbocycles. The third-order valence-electron chi connectivity index (χ3n) is 3.54. The summed E-state index contributed by atoms with van der Waals surface area (Å²) in [5.41, 5.74) is 0. The van der Waals surface area contributed by atoms with Gasteiger partial charge in [-0.15, -0.1) is 0 Å². The number of hydrogen-bond donors (Lipinski definition) is 1. The van der Waals surface area contributed by atoms with Crippen molar-refractivity contribution in [3.8, 4) is 0 Å². The molecule has 0 spiro atoms. The van der Waals surface area contributed by atoms with Crippen molar-refractivity contribution in [2.45, 2.75) is 63.8 Å². The molecule has 2 aliphatic carbocycles. The maximum atomic E-state index is 3.62. The molecule has 0 radical (unpaired) electrons. The quantitative estimate of drug-likeness (QED) is 0.657. The number of rotatable bonds is 4. The molecule has 0 aliphatic heterocycles. The van der Waals surface area contributed by atoms with Crippen LogP contribution < -0.4 is 5.32 Å². The second-order valence-corrected chi connectivity index (χ2v) is 4.87. The van der Waals surface area contributed by atoms with E-state index < -0.39 is 0 Å². The fraction of sp³-hybridized carbons (Fsp3) is 1.00. The van der Waals surface area contributed by atoms with Crippen LogP contribution in [0.4, 0.5) is 0 Å². The fourth-order valence-corrected chi connectivity index (χ4v) is 2.43. The third-order valence-corrected chi connectivity index (χ3v) is 3.54. The molecule has 0 atom stereocenters. The molecule has 1 N–H and O–H groups in total. The van der Waals surface area contributed by atoms with Crippen LogP contribution in [0, 0.1) is 5.92 Å². The SMILES string of the molecule is C1CCCC(CCNC2CC2)CC1. The highest BCUT2D eigenvalue weighted by molar-refractivity contribution is 4.81. The average molecular weight is 181 g/mol. The van der Waals surface area contributed by atoms with Gasteiger partial charge in [0.25, 0.3) is 0 Å². The van der Waals surface area contributed by atoms with Gasteiger partial charge in [0, 0.05) is 6.04 Å². The van der Waals surface area contributed by atoms with Gasteiger partial charge < -0.3 is 5.32 Å². The van der Waals surface area contributed by atoms with Crippen molar-refractivity contribution in [3.05, 3.63) is 0 Å². The van der Waals surface area contributed by atoms with E-state index in [9.17, 15) is 0 Å². The van der Waals surface area contributed by atoms with E-state index in [-0.39, 0.29) is 0 Å². The van der Waals surface area contributed by atoms with Crippen molar-refractivity contribution in [2.75, 3.05) is 6.54 Å². The molecule has 1 nitrogen and oxygen atoms in total. The maximum absolute atomic E-state index is 3.62. The predicted molar refractivity (Wildman–Crippen MR) is 56.8 cm³/mol. The van der Waals surface area contributed by atoms with Crippen molar-refractivity contribution >= 4 is 0 Å². The molecule has 2 aliphatic rings. The summed E-state index contributed by atoms with van der Waals surface area (Å²) in [7, 11) is 0.